The second-order valence-corrected chi connectivity index (χ2v) is 5.45. The predicted octanol–water partition coefficient (Wildman–Crippen LogP) is 3.06. The van der Waals surface area contributed by atoms with Crippen LogP contribution >= 0.6 is 0 Å². The van der Waals surface area contributed by atoms with Crippen LogP contribution in [0.25, 0.3) is 11.1 Å². The van der Waals surface area contributed by atoms with Crippen LogP contribution < -0.4 is 5.32 Å². The van der Waals surface area contributed by atoms with Gasteiger partial charge in [-0.25, -0.2) is 4.79 Å². The lowest BCUT2D eigenvalue weighted by Gasteiger charge is -2.17. The molecule has 0 saturated carbocycles. The Labute approximate surface area is 138 Å². The maximum absolute atomic E-state index is 11.8. The van der Waals surface area contributed by atoms with Crippen molar-refractivity contribution in [1.29, 1.82) is 0 Å². The minimum atomic E-state index is -0.504. The number of nitrogens with one attached hydrogen (secondary N) is 1. The van der Waals surface area contributed by atoms with Crippen molar-refractivity contribution in [3.05, 3.63) is 78.6 Å². The highest BCUT2D eigenvalue weighted by molar-refractivity contribution is 5.71. The zero-order valence-electron chi connectivity index (χ0n) is 12.7. The molecule has 1 saturated heterocycles. The monoisotopic (exact) mass is 318 g/mol. The molecule has 1 amide bonds. The zero-order valence-corrected chi connectivity index (χ0v) is 12.7. The predicted molar refractivity (Wildman–Crippen MR) is 86.8 cm³/mol. The molecule has 6 heteroatoms. The molecule has 0 spiro atoms. The van der Waals surface area contributed by atoms with Gasteiger partial charge in [0.25, 0.3) is 0 Å². The quantitative estimate of drug-likeness (QED) is 0.803. The van der Waals surface area contributed by atoms with Gasteiger partial charge in [0.2, 0.25) is 0 Å². The van der Waals surface area contributed by atoms with Crippen molar-refractivity contribution in [2.24, 2.45) is 0 Å². The molecule has 0 bridgehead atoms. The van der Waals surface area contributed by atoms with Gasteiger partial charge in [-0.3, -0.25) is 15.0 Å². The Morgan fingerprint density at radius 1 is 0.958 bits per heavy atom. The van der Waals surface area contributed by atoms with E-state index in [1.54, 1.807) is 24.8 Å². The number of carbonyl (C=O) groups excluding carboxylic acids is 1. The smallest absolute Gasteiger partial charge is 0.408 e. The number of cyclic esters (lactones) is 1. The summed E-state index contributed by atoms with van der Waals surface area (Å²) in [5, 5.41) is 2.85. The minimum Gasteiger partial charge on any atom is -0.437 e. The molecule has 1 N–H and O–H groups in total. The molecule has 4 rings (SSSR count). The summed E-state index contributed by atoms with van der Waals surface area (Å²) in [5.74, 6) is 0. The topological polar surface area (TPSA) is 77.0 Å². The molecule has 6 nitrogen and oxygen atoms in total. The summed E-state index contributed by atoms with van der Waals surface area (Å²) in [4.78, 5) is 24.2. The third kappa shape index (κ3) is 2.69. The summed E-state index contributed by atoms with van der Waals surface area (Å²) in [6, 6.07) is 11.5. The molecule has 2 atom stereocenters. The van der Waals surface area contributed by atoms with E-state index in [0.717, 1.165) is 16.7 Å². The van der Waals surface area contributed by atoms with Crippen LogP contribution in [0.5, 0.6) is 0 Å². The normalized spacial score (nSPS) is 19.6. The molecule has 3 heterocycles. The van der Waals surface area contributed by atoms with Gasteiger partial charge in [0.1, 0.15) is 11.7 Å². The number of carbonyl (C=O) groups is 1. The first-order valence-electron chi connectivity index (χ1n) is 7.55. The van der Waals surface area contributed by atoms with E-state index in [9.17, 15) is 4.79 Å². The van der Waals surface area contributed by atoms with Gasteiger partial charge in [-0.1, -0.05) is 24.3 Å². The summed E-state index contributed by atoms with van der Waals surface area (Å²) in [6.07, 6.45) is 7.38. The number of hydrogen-bond acceptors (Lipinski definition) is 5. The van der Waals surface area contributed by atoms with Gasteiger partial charge >= 0.3 is 6.09 Å². The molecule has 1 aliphatic rings. The summed E-state index contributed by atoms with van der Waals surface area (Å²) < 4.78 is 5.40. The molecule has 0 radical (unpaired) electrons. The Kier molecular flexibility index (Phi) is 3.63. The second-order valence-electron chi connectivity index (χ2n) is 5.45. The highest BCUT2D eigenvalue weighted by Gasteiger charge is 2.37. The average molecular weight is 318 g/mol. The first-order valence-corrected chi connectivity index (χ1v) is 7.55. The number of aromatic nitrogens is 3. The van der Waals surface area contributed by atoms with Gasteiger partial charge in [0.05, 0.1) is 6.20 Å². The maximum atomic E-state index is 11.8. The second kappa shape index (κ2) is 6.08. The molecule has 118 valence electrons. The summed E-state index contributed by atoms with van der Waals surface area (Å²) in [7, 11) is 0. The van der Waals surface area contributed by atoms with E-state index in [-0.39, 0.29) is 6.04 Å². The van der Waals surface area contributed by atoms with Crippen LogP contribution in [0, 0.1) is 0 Å². The van der Waals surface area contributed by atoms with Crippen molar-refractivity contribution < 1.29 is 9.53 Å². The third-order valence-electron chi connectivity index (χ3n) is 3.93. The fraction of sp³-hybridized carbons (Fsp3) is 0.111. The molecule has 2 aromatic heterocycles. The summed E-state index contributed by atoms with van der Waals surface area (Å²) in [5.41, 5.74) is 3.60. The van der Waals surface area contributed by atoms with Crippen molar-refractivity contribution in [3.8, 4) is 11.1 Å². The number of amides is 1. The lowest BCUT2D eigenvalue weighted by Crippen LogP contribution is -2.19. The van der Waals surface area contributed by atoms with E-state index < -0.39 is 12.2 Å². The molecule has 1 fully saturated rings. The fourth-order valence-electron chi connectivity index (χ4n) is 2.81. The molecular formula is C18H14N4O2. The molecule has 1 aromatic carbocycles. The number of pyridine rings is 1. The molecule has 1 aliphatic heterocycles. The Balaban J connectivity index is 1.71. The van der Waals surface area contributed by atoms with Crippen LogP contribution in [0.1, 0.15) is 23.4 Å². The van der Waals surface area contributed by atoms with Crippen molar-refractivity contribution in [2.45, 2.75) is 12.1 Å². The molecule has 3 aromatic rings. The van der Waals surface area contributed by atoms with E-state index in [1.807, 2.05) is 42.6 Å². The van der Waals surface area contributed by atoms with E-state index >= 15 is 0 Å². The van der Waals surface area contributed by atoms with E-state index in [1.165, 1.54) is 0 Å². The van der Waals surface area contributed by atoms with Crippen molar-refractivity contribution >= 4 is 6.09 Å². The van der Waals surface area contributed by atoms with Crippen LogP contribution in [-0.2, 0) is 4.74 Å². The Morgan fingerprint density at radius 3 is 2.62 bits per heavy atom. The van der Waals surface area contributed by atoms with Crippen LogP contribution in [-0.4, -0.2) is 21.0 Å². The van der Waals surface area contributed by atoms with Crippen molar-refractivity contribution in [2.75, 3.05) is 0 Å². The number of hydrogen-bond donors (Lipinski definition) is 1. The SMILES string of the molecule is O=C1N[C@H](c2cccc(-c3cccnc3)c2)[C@@H](c2cnccn2)O1. The third-order valence-corrected chi connectivity index (χ3v) is 3.93. The number of nitrogens with zero attached hydrogens (tertiary/aromatic N) is 3. The Hall–Kier alpha value is -3.28. The number of ether oxygens (including phenoxy) is 1. The van der Waals surface area contributed by atoms with Crippen molar-refractivity contribution in [1.82, 2.24) is 20.3 Å². The average Bonchev–Trinajstić information content (AvgIpc) is 3.05. The largest absolute Gasteiger partial charge is 0.437 e. The molecule has 0 aliphatic carbocycles. The van der Waals surface area contributed by atoms with Crippen molar-refractivity contribution in [3.63, 3.8) is 0 Å². The Bertz CT molecular complexity index is 855. The number of benzene rings is 1. The molecule has 24 heavy (non-hydrogen) atoms. The van der Waals surface area contributed by atoms with Gasteiger partial charge in [-0.15, -0.1) is 0 Å². The van der Waals surface area contributed by atoms with Crippen LogP contribution in [0.15, 0.2) is 67.4 Å². The summed E-state index contributed by atoms with van der Waals surface area (Å²) in [6.45, 7) is 0. The van der Waals surface area contributed by atoms with E-state index in [4.69, 9.17) is 4.74 Å². The van der Waals surface area contributed by atoms with Gasteiger partial charge in [-0.2, -0.15) is 0 Å². The van der Waals surface area contributed by atoms with Gasteiger partial charge in [0, 0.05) is 24.8 Å². The lowest BCUT2D eigenvalue weighted by molar-refractivity contribution is 0.129. The first-order chi connectivity index (χ1) is 11.8. The zero-order chi connectivity index (χ0) is 16.4. The highest BCUT2D eigenvalue weighted by atomic mass is 16.6. The highest BCUT2D eigenvalue weighted by Crippen LogP contribution is 2.36. The molecule has 0 unspecified atom stereocenters. The first kappa shape index (κ1) is 14.3. The van der Waals surface area contributed by atoms with Gasteiger partial charge in [-0.05, 0) is 28.8 Å². The van der Waals surface area contributed by atoms with Crippen LogP contribution in [0.3, 0.4) is 0 Å². The fourth-order valence-corrected chi connectivity index (χ4v) is 2.81. The number of alkyl carbamates (subject to hydrolysis) is 1. The van der Waals surface area contributed by atoms with Crippen LogP contribution in [0.4, 0.5) is 4.79 Å². The lowest BCUT2D eigenvalue weighted by atomic mass is 9.96. The van der Waals surface area contributed by atoms with Gasteiger partial charge in [0.15, 0.2) is 6.10 Å². The minimum absolute atomic E-state index is 0.314. The van der Waals surface area contributed by atoms with Crippen LogP contribution in [0.2, 0.25) is 0 Å². The standard InChI is InChI=1S/C18H14N4O2/c23-18-22-16(17(24-18)15-11-20-7-8-21-15)13-4-1-3-12(9-13)14-5-2-6-19-10-14/h1-11,16-17H,(H,22,23)/t16-,17-/m1/s1. The number of rotatable bonds is 3. The van der Waals surface area contributed by atoms with E-state index in [2.05, 4.69) is 20.3 Å². The summed E-state index contributed by atoms with van der Waals surface area (Å²) >= 11 is 0. The Morgan fingerprint density at radius 2 is 1.83 bits per heavy atom. The van der Waals surface area contributed by atoms with Gasteiger partial charge < -0.3 is 10.1 Å². The maximum Gasteiger partial charge on any atom is 0.408 e. The molecular weight excluding hydrogens is 304 g/mol. The van der Waals surface area contributed by atoms with E-state index in [0.29, 0.717) is 5.69 Å².